The van der Waals surface area contributed by atoms with Gasteiger partial charge in [-0.2, -0.15) is 0 Å². The lowest BCUT2D eigenvalue weighted by Gasteiger charge is -2.21. The highest BCUT2D eigenvalue weighted by molar-refractivity contribution is 5.99. The Morgan fingerprint density at radius 3 is 2.62 bits per heavy atom. The summed E-state index contributed by atoms with van der Waals surface area (Å²) in [6.07, 6.45) is 2.29. The number of hydrogen-bond donors (Lipinski definition) is 2. The maximum atomic E-state index is 13.9. The van der Waals surface area contributed by atoms with Crippen LogP contribution in [0, 0.1) is 18.7 Å². The molecule has 1 amide bonds. The molecule has 0 spiro atoms. The van der Waals surface area contributed by atoms with E-state index < -0.39 is 0 Å². The Labute approximate surface area is 200 Å². The number of benzene rings is 3. The van der Waals surface area contributed by atoms with Crippen molar-refractivity contribution < 1.29 is 19.0 Å². The topological polar surface area (TPSA) is 61.8 Å². The van der Waals surface area contributed by atoms with E-state index in [0.29, 0.717) is 35.0 Å². The Bertz CT molecular complexity index is 1190. The summed E-state index contributed by atoms with van der Waals surface area (Å²) in [6, 6.07) is 16.3. The zero-order valence-electron chi connectivity index (χ0n) is 19.9. The van der Waals surface area contributed by atoms with E-state index in [1.54, 1.807) is 19.1 Å². The number of anilines is 1. The molecule has 0 heterocycles. The molecule has 4 rings (SSSR count). The standard InChI is InChI=1S/C28H31FN2O3/c1-18-7-8-20(13-24(18)29)15-30-28(33)23-14-21(11-12-26(23)34-17-19-9-10-19)27-22(16-32)5-4-6-25(27)31(2)3/h4-8,11-14,19,32H,9-10,15-17H2,1-3H3,(H,30,33). The largest absolute Gasteiger partial charge is 0.492 e. The van der Waals surface area contributed by atoms with Crippen LogP contribution >= 0.6 is 0 Å². The van der Waals surface area contributed by atoms with Crippen LogP contribution in [-0.2, 0) is 13.2 Å². The number of ether oxygens (including phenoxy) is 1. The van der Waals surface area contributed by atoms with Crippen molar-refractivity contribution in [2.24, 2.45) is 5.92 Å². The van der Waals surface area contributed by atoms with E-state index in [2.05, 4.69) is 5.32 Å². The minimum absolute atomic E-state index is 0.114. The van der Waals surface area contributed by atoms with Crippen LogP contribution in [0.2, 0.25) is 0 Å². The second-order valence-corrected chi connectivity index (χ2v) is 9.10. The number of carbonyl (C=O) groups is 1. The van der Waals surface area contributed by atoms with E-state index in [1.807, 2.05) is 55.4 Å². The molecule has 2 N–H and O–H groups in total. The summed E-state index contributed by atoms with van der Waals surface area (Å²) in [7, 11) is 3.89. The molecule has 0 radical (unpaired) electrons. The molecule has 1 saturated carbocycles. The van der Waals surface area contributed by atoms with Crippen LogP contribution in [0.1, 0.15) is 39.9 Å². The minimum Gasteiger partial charge on any atom is -0.492 e. The number of hydrogen-bond acceptors (Lipinski definition) is 4. The summed E-state index contributed by atoms with van der Waals surface area (Å²) in [5.74, 6) is 0.484. The van der Waals surface area contributed by atoms with Crippen LogP contribution in [0.5, 0.6) is 5.75 Å². The average Bonchev–Trinajstić information content (AvgIpc) is 3.67. The molecule has 0 unspecified atom stereocenters. The first-order chi connectivity index (χ1) is 16.4. The van der Waals surface area contributed by atoms with Crippen molar-refractivity contribution in [2.45, 2.75) is 32.9 Å². The number of aryl methyl sites for hydroxylation is 1. The molecule has 3 aromatic carbocycles. The van der Waals surface area contributed by atoms with Gasteiger partial charge in [-0.05, 0) is 72.2 Å². The molecular formula is C28H31FN2O3. The number of aliphatic hydroxyl groups is 1. The first-order valence-electron chi connectivity index (χ1n) is 11.6. The van der Waals surface area contributed by atoms with Gasteiger partial charge in [-0.3, -0.25) is 4.79 Å². The Balaban J connectivity index is 1.67. The van der Waals surface area contributed by atoms with Gasteiger partial charge in [0.2, 0.25) is 0 Å². The Hall–Kier alpha value is -3.38. The molecule has 0 aromatic heterocycles. The smallest absolute Gasteiger partial charge is 0.255 e. The highest BCUT2D eigenvalue weighted by Gasteiger charge is 2.24. The average molecular weight is 463 g/mol. The molecule has 6 heteroatoms. The second kappa shape index (κ2) is 10.3. The van der Waals surface area contributed by atoms with Gasteiger partial charge < -0.3 is 20.1 Å². The van der Waals surface area contributed by atoms with Gasteiger partial charge in [0.25, 0.3) is 5.91 Å². The number of aliphatic hydroxyl groups excluding tert-OH is 1. The molecule has 1 fully saturated rings. The van der Waals surface area contributed by atoms with Gasteiger partial charge >= 0.3 is 0 Å². The van der Waals surface area contributed by atoms with E-state index >= 15 is 0 Å². The van der Waals surface area contributed by atoms with E-state index in [-0.39, 0.29) is 24.9 Å². The first kappa shape index (κ1) is 23.8. The van der Waals surface area contributed by atoms with Crippen molar-refractivity contribution in [3.63, 3.8) is 0 Å². The lowest BCUT2D eigenvalue weighted by atomic mass is 9.95. The highest BCUT2D eigenvalue weighted by Crippen LogP contribution is 2.37. The van der Waals surface area contributed by atoms with Crippen molar-refractivity contribution in [1.82, 2.24) is 5.32 Å². The Morgan fingerprint density at radius 1 is 1.15 bits per heavy atom. The fourth-order valence-electron chi connectivity index (χ4n) is 3.93. The molecule has 3 aromatic rings. The number of rotatable bonds is 9. The monoisotopic (exact) mass is 462 g/mol. The molecule has 5 nitrogen and oxygen atoms in total. The molecule has 1 aliphatic carbocycles. The SMILES string of the molecule is Cc1ccc(CNC(=O)c2cc(-c3c(CO)cccc3N(C)C)ccc2OCC2CC2)cc1F. The van der Waals surface area contributed by atoms with Crippen LogP contribution in [-0.4, -0.2) is 31.7 Å². The van der Waals surface area contributed by atoms with Crippen LogP contribution in [0.25, 0.3) is 11.1 Å². The van der Waals surface area contributed by atoms with Crippen LogP contribution in [0.15, 0.2) is 54.6 Å². The minimum atomic E-state index is -0.293. The summed E-state index contributed by atoms with van der Waals surface area (Å²) in [5.41, 5.74) is 5.09. The molecule has 0 bridgehead atoms. The third-order valence-electron chi connectivity index (χ3n) is 6.15. The summed E-state index contributed by atoms with van der Waals surface area (Å²) in [4.78, 5) is 15.2. The molecule has 0 aliphatic heterocycles. The van der Waals surface area contributed by atoms with Crippen LogP contribution in [0.3, 0.4) is 0 Å². The van der Waals surface area contributed by atoms with E-state index in [0.717, 1.165) is 35.2 Å². The molecule has 0 atom stereocenters. The normalized spacial score (nSPS) is 13.0. The fourth-order valence-corrected chi connectivity index (χ4v) is 3.93. The predicted molar refractivity (Wildman–Crippen MR) is 133 cm³/mol. The lowest BCUT2D eigenvalue weighted by Crippen LogP contribution is -2.24. The van der Waals surface area contributed by atoms with E-state index in [1.165, 1.54) is 6.07 Å². The van der Waals surface area contributed by atoms with Crippen molar-refractivity contribution in [3.8, 4) is 16.9 Å². The summed E-state index contributed by atoms with van der Waals surface area (Å²) >= 11 is 0. The van der Waals surface area contributed by atoms with Gasteiger partial charge in [0.1, 0.15) is 11.6 Å². The van der Waals surface area contributed by atoms with Crippen molar-refractivity contribution in [2.75, 3.05) is 25.6 Å². The lowest BCUT2D eigenvalue weighted by molar-refractivity contribution is 0.0946. The maximum absolute atomic E-state index is 13.9. The quantitative estimate of drug-likeness (QED) is 0.466. The summed E-state index contributed by atoms with van der Waals surface area (Å²) < 4.78 is 19.9. The van der Waals surface area contributed by atoms with E-state index in [4.69, 9.17) is 4.74 Å². The van der Waals surface area contributed by atoms with Crippen molar-refractivity contribution in [3.05, 3.63) is 82.7 Å². The highest BCUT2D eigenvalue weighted by atomic mass is 19.1. The molecule has 0 saturated heterocycles. The third kappa shape index (κ3) is 5.39. The molecule has 1 aliphatic rings. The molecular weight excluding hydrogens is 431 g/mol. The number of nitrogens with one attached hydrogen (secondary N) is 1. The zero-order chi connectivity index (χ0) is 24.2. The van der Waals surface area contributed by atoms with E-state index in [9.17, 15) is 14.3 Å². The number of halogens is 1. The number of amides is 1. The zero-order valence-corrected chi connectivity index (χ0v) is 19.9. The third-order valence-corrected chi connectivity index (χ3v) is 6.15. The Kier molecular flexibility index (Phi) is 7.17. The van der Waals surface area contributed by atoms with Crippen molar-refractivity contribution >= 4 is 11.6 Å². The van der Waals surface area contributed by atoms with Crippen LogP contribution in [0.4, 0.5) is 10.1 Å². The van der Waals surface area contributed by atoms with Gasteiger partial charge in [-0.15, -0.1) is 0 Å². The maximum Gasteiger partial charge on any atom is 0.255 e. The summed E-state index contributed by atoms with van der Waals surface area (Å²) in [5, 5.41) is 12.9. The fraction of sp³-hybridized carbons (Fsp3) is 0.321. The Morgan fingerprint density at radius 2 is 1.94 bits per heavy atom. The molecule has 178 valence electrons. The predicted octanol–water partition coefficient (Wildman–Crippen LogP) is 5.08. The van der Waals surface area contributed by atoms with Gasteiger partial charge in [0, 0.05) is 31.9 Å². The number of nitrogens with zero attached hydrogens (tertiary/aromatic N) is 1. The second-order valence-electron chi connectivity index (χ2n) is 9.10. The molecule has 34 heavy (non-hydrogen) atoms. The van der Waals surface area contributed by atoms with Gasteiger partial charge in [-0.1, -0.05) is 30.3 Å². The number of carbonyl (C=O) groups excluding carboxylic acids is 1. The summed E-state index contributed by atoms with van der Waals surface area (Å²) in [6.45, 7) is 2.38. The van der Waals surface area contributed by atoms with Gasteiger partial charge in [0.15, 0.2) is 0 Å². The van der Waals surface area contributed by atoms with Crippen molar-refractivity contribution in [1.29, 1.82) is 0 Å². The first-order valence-corrected chi connectivity index (χ1v) is 11.6. The van der Waals surface area contributed by atoms with Gasteiger partial charge in [-0.25, -0.2) is 4.39 Å². The van der Waals surface area contributed by atoms with Gasteiger partial charge in [0.05, 0.1) is 18.8 Å². The van der Waals surface area contributed by atoms with Crippen LogP contribution < -0.4 is 15.0 Å².